The molecule has 2 aromatic carbocycles. The molecule has 4 nitrogen and oxygen atoms in total. The molecule has 0 atom stereocenters. The highest BCUT2D eigenvalue weighted by atomic mass is 16.5. The van der Waals surface area contributed by atoms with Gasteiger partial charge in [0.15, 0.2) is 0 Å². The molecule has 25 heavy (non-hydrogen) atoms. The van der Waals surface area contributed by atoms with Crippen LogP contribution in [0, 0.1) is 6.92 Å². The van der Waals surface area contributed by atoms with Crippen molar-refractivity contribution in [2.45, 2.75) is 20.4 Å². The van der Waals surface area contributed by atoms with Crippen LogP contribution in [0.5, 0.6) is 5.75 Å². The van der Waals surface area contributed by atoms with Gasteiger partial charge in [0.1, 0.15) is 18.1 Å². The van der Waals surface area contributed by atoms with Crippen molar-refractivity contribution < 1.29 is 9.53 Å². The average Bonchev–Trinajstić information content (AvgIpc) is 3.01. The molecule has 0 saturated heterocycles. The number of hydrogen-bond donors (Lipinski definition) is 1. The van der Waals surface area contributed by atoms with E-state index in [4.69, 9.17) is 4.74 Å². The molecule has 1 N–H and O–H groups in total. The van der Waals surface area contributed by atoms with E-state index in [0.717, 1.165) is 27.9 Å². The van der Waals surface area contributed by atoms with Crippen molar-refractivity contribution in [2.24, 2.45) is 0 Å². The minimum Gasteiger partial charge on any atom is -0.489 e. The van der Waals surface area contributed by atoms with Gasteiger partial charge in [0.05, 0.1) is 5.52 Å². The number of aryl methyl sites for hydroxylation is 2. The van der Waals surface area contributed by atoms with Crippen LogP contribution in [-0.2, 0) is 6.54 Å². The third kappa shape index (κ3) is 3.43. The molecule has 0 spiro atoms. The maximum absolute atomic E-state index is 12.8. The molecule has 128 valence electrons. The molecule has 0 aliphatic carbocycles. The van der Waals surface area contributed by atoms with Crippen molar-refractivity contribution in [1.29, 1.82) is 0 Å². The predicted octanol–water partition coefficient (Wildman–Crippen LogP) is 4.79. The summed E-state index contributed by atoms with van der Waals surface area (Å²) in [6.07, 6.45) is 1.71. The van der Waals surface area contributed by atoms with Crippen LogP contribution >= 0.6 is 0 Å². The largest absolute Gasteiger partial charge is 0.489 e. The van der Waals surface area contributed by atoms with E-state index in [0.29, 0.717) is 18.8 Å². The van der Waals surface area contributed by atoms with Gasteiger partial charge in [0.25, 0.3) is 5.91 Å². The summed E-state index contributed by atoms with van der Waals surface area (Å²) in [5.74, 6) is 0.630. The quantitative estimate of drug-likeness (QED) is 0.659. The number of anilines is 1. The molecular formula is C21H22N2O2. The van der Waals surface area contributed by atoms with Crippen molar-refractivity contribution in [2.75, 3.05) is 11.9 Å². The van der Waals surface area contributed by atoms with Crippen LogP contribution in [0.3, 0.4) is 0 Å². The highest BCUT2D eigenvalue weighted by molar-refractivity contribution is 6.07. The van der Waals surface area contributed by atoms with E-state index in [-0.39, 0.29) is 5.91 Å². The fourth-order valence-electron chi connectivity index (χ4n) is 2.89. The number of rotatable bonds is 6. The molecule has 0 bridgehead atoms. The van der Waals surface area contributed by atoms with E-state index in [1.54, 1.807) is 6.08 Å². The van der Waals surface area contributed by atoms with Gasteiger partial charge in [-0.25, -0.2) is 0 Å². The van der Waals surface area contributed by atoms with Crippen molar-refractivity contribution in [3.63, 3.8) is 0 Å². The lowest BCUT2D eigenvalue weighted by molar-refractivity contribution is 0.101. The van der Waals surface area contributed by atoms with Gasteiger partial charge < -0.3 is 14.6 Å². The summed E-state index contributed by atoms with van der Waals surface area (Å²) in [5.41, 5.74) is 3.54. The lowest BCUT2D eigenvalue weighted by atomic mass is 10.2. The Bertz CT molecular complexity index is 908. The molecule has 1 aromatic heterocycles. The van der Waals surface area contributed by atoms with E-state index in [1.165, 1.54) is 0 Å². The minimum absolute atomic E-state index is 0.128. The molecule has 4 heteroatoms. The normalized spacial score (nSPS) is 10.6. The van der Waals surface area contributed by atoms with Gasteiger partial charge in [-0.05, 0) is 44.2 Å². The summed E-state index contributed by atoms with van der Waals surface area (Å²) >= 11 is 0. The van der Waals surface area contributed by atoms with E-state index < -0.39 is 0 Å². The number of fused-ring (bicyclic) bond motifs is 1. The van der Waals surface area contributed by atoms with Gasteiger partial charge in [-0.15, -0.1) is 0 Å². The van der Waals surface area contributed by atoms with E-state index in [1.807, 2.05) is 66.9 Å². The van der Waals surface area contributed by atoms with E-state index in [2.05, 4.69) is 11.9 Å². The predicted molar refractivity (Wildman–Crippen MR) is 102 cm³/mol. The Morgan fingerprint density at radius 1 is 1.24 bits per heavy atom. The van der Waals surface area contributed by atoms with Crippen molar-refractivity contribution in [1.82, 2.24) is 4.57 Å². The molecule has 0 aliphatic rings. The zero-order chi connectivity index (χ0) is 17.8. The first kappa shape index (κ1) is 16.8. The van der Waals surface area contributed by atoms with Crippen LogP contribution < -0.4 is 10.1 Å². The van der Waals surface area contributed by atoms with Crippen LogP contribution in [-0.4, -0.2) is 17.1 Å². The Labute approximate surface area is 147 Å². The Morgan fingerprint density at radius 2 is 2.00 bits per heavy atom. The smallest absolute Gasteiger partial charge is 0.272 e. The number of nitrogens with zero attached hydrogens (tertiary/aromatic N) is 1. The zero-order valence-electron chi connectivity index (χ0n) is 14.6. The summed E-state index contributed by atoms with van der Waals surface area (Å²) < 4.78 is 7.73. The fraction of sp³-hybridized carbons (Fsp3) is 0.190. The molecule has 0 radical (unpaired) electrons. The number of aromatic nitrogens is 1. The molecule has 0 saturated carbocycles. The number of hydrogen-bond acceptors (Lipinski definition) is 2. The second kappa shape index (κ2) is 7.26. The fourth-order valence-corrected chi connectivity index (χ4v) is 2.89. The highest BCUT2D eigenvalue weighted by Crippen LogP contribution is 2.29. The lowest BCUT2D eigenvalue weighted by Gasteiger charge is -2.09. The number of benzene rings is 2. The second-order valence-electron chi connectivity index (χ2n) is 5.88. The standard InChI is InChI=1S/C21H22N2O2/c1-4-13-25-20-8-6-7-18-17(20)14-19(23(18)5-2)21(24)22-16-11-9-15(3)10-12-16/h4,6-12,14H,1,5,13H2,2-3H3,(H,22,24). The average molecular weight is 334 g/mol. The zero-order valence-corrected chi connectivity index (χ0v) is 14.6. The molecule has 0 aliphatic heterocycles. The Kier molecular flexibility index (Phi) is 4.89. The third-order valence-electron chi connectivity index (χ3n) is 4.12. The first-order chi connectivity index (χ1) is 12.1. The summed E-state index contributed by atoms with van der Waals surface area (Å²) in [5, 5.41) is 3.90. The van der Waals surface area contributed by atoms with Crippen LogP contribution in [0.15, 0.2) is 61.2 Å². The number of amides is 1. The maximum atomic E-state index is 12.8. The van der Waals surface area contributed by atoms with Crippen molar-refractivity contribution in [3.8, 4) is 5.75 Å². The molecular weight excluding hydrogens is 312 g/mol. The molecule has 1 heterocycles. The Hall–Kier alpha value is -3.01. The van der Waals surface area contributed by atoms with Gasteiger partial charge in [-0.2, -0.15) is 0 Å². The van der Waals surface area contributed by atoms with Gasteiger partial charge in [0, 0.05) is 17.6 Å². The van der Waals surface area contributed by atoms with Gasteiger partial charge in [-0.1, -0.05) is 36.4 Å². The lowest BCUT2D eigenvalue weighted by Crippen LogP contribution is -2.16. The van der Waals surface area contributed by atoms with Crippen LogP contribution in [0.25, 0.3) is 10.9 Å². The third-order valence-corrected chi connectivity index (χ3v) is 4.12. The summed E-state index contributed by atoms with van der Waals surface area (Å²) in [6.45, 7) is 8.86. The highest BCUT2D eigenvalue weighted by Gasteiger charge is 2.17. The summed E-state index contributed by atoms with van der Waals surface area (Å²) in [4.78, 5) is 12.8. The summed E-state index contributed by atoms with van der Waals surface area (Å²) in [7, 11) is 0. The molecule has 0 fully saturated rings. The topological polar surface area (TPSA) is 43.3 Å². The van der Waals surface area contributed by atoms with Gasteiger partial charge in [0.2, 0.25) is 0 Å². The Morgan fingerprint density at radius 3 is 2.68 bits per heavy atom. The number of nitrogens with one attached hydrogen (secondary N) is 1. The van der Waals surface area contributed by atoms with Crippen LogP contribution in [0.1, 0.15) is 23.0 Å². The minimum atomic E-state index is -0.128. The number of ether oxygens (including phenoxy) is 1. The Balaban J connectivity index is 1.98. The van der Waals surface area contributed by atoms with Crippen LogP contribution in [0.4, 0.5) is 5.69 Å². The van der Waals surface area contributed by atoms with Crippen LogP contribution in [0.2, 0.25) is 0 Å². The molecule has 3 aromatic rings. The number of carbonyl (C=O) groups is 1. The maximum Gasteiger partial charge on any atom is 0.272 e. The number of carbonyl (C=O) groups excluding carboxylic acids is 1. The first-order valence-electron chi connectivity index (χ1n) is 8.38. The van der Waals surface area contributed by atoms with Gasteiger partial charge >= 0.3 is 0 Å². The van der Waals surface area contributed by atoms with Gasteiger partial charge in [-0.3, -0.25) is 4.79 Å². The monoisotopic (exact) mass is 334 g/mol. The summed E-state index contributed by atoms with van der Waals surface area (Å²) in [6, 6.07) is 15.5. The molecule has 0 unspecified atom stereocenters. The van der Waals surface area contributed by atoms with E-state index in [9.17, 15) is 4.79 Å². The molecule has 1 amide bonds. The second-order valence-corrected chi connectivity index (χ2v) is 5.88. The first-order valence-corrected chi connectivity index (χ1v) is 8.38. The molecule has 3 rings (SSSR count). The van der Waals surface area contributed by atoms with Crippen molar-refractivity contribution >= 4 is 22.5 Å². The SMILES string of the molecule is C=CCOc1cccc2c1cc(C(=O)Nc1ccc(C)cc1)n2CC. The van der Waals surface area contributed by atoms with Crippen molar-refractivity contribution in [3.05, 3.63) is 72.4 Å². The van der Waals surface area contributed by atoms with E-state index >= 15 is 0 Å².